The fourth-order valence-corrected chi connectivity index (χ4v) is 4.89. The Morgan fingerprint density at radius 3 is 3.08 bits per heavy atom. The number of hydrogen-bond donors (Lipinski definition) is 1. The molecule has 0 spiro atoms. The predicted molar refractivity (Wildman–Crippen MR) is 101 cm³/mol. The second-order valence-corrected chi connectivity index (χ2v) is 7.45. The van der Waals surface area contributed by atoms with Gasteiger partial charge in [0, 0.05) is 23.4 Å². The Balaban J connectivity index is 1.88. The molecule has 6 nitrogen and oxygen atoms in total. The van der Waals surface area contributed by atoms with Crippen LogP contribution in [0.15, 0.2) is 23.1 Å². The summed E-state index contributed by atoms with van der Waals surface area (Å²) >= 11 is 1.69. The van der Waals surface area contributed by atoms with Crippen molar-refractivity contribution < 1.29 is 14.3 Å². The summed E-state index contributed by atoms with van der Waals surface area (Å²) in [5.41, 5.74) is 3.55. The van der Waals surface area contributed by atoms with E-state index < -0.39 is 0 Å². The zero-order chi connectivity index (χ0) is 18.1. The molecule has 2 aromatic rings. The van der Waals surface area contributed by atoms with Gasteiger partial charge in [-0.3, -0.25) is 4.68 Å². The molecule has 1 aromatic carbocycles. The van der Waals surface area contributed by atoms with Crippen LogP contribution in [0.4, 0.5) is 0 Å². The van der Waals surface area contributed by atoms with Gasteiger partial charge in [-0.25, -0.2) is 4.79 Å². The van der Waals surface area contributed by atoms with Crippen molar-refractivity contribution in [2.75, 3.05) is 26.8 Å². The van der Waals surface area contributed by atoms with Gasteiger partial charge in [-0.15, -0.1) is 11.8 Å². The van der Waals surface area contributed by atoms with Crippen LogP contribution in [-0.2, 0) is 10.5 Å². The molecule has 1 fully saturated rings. The lowest BCUT2D eigenvalue weighted by Gasteiger charge is -2.27. The molecule has 2 aliphatic rings. The molecular formula is C19H23N3O3S. The van der Waals surface area contributed by atoms with Gasteiger partial charge in [0.25, 0.3) is 0 Å². The van der Waals surface area contributed by atoms with Crippen LogP contribution < -0.4 is 10.1 Å². The van der Waals surface area contributed by atoms with Gasteiger partial charge in [0.2, 0.25) is 0 Å². The number of aromatic nitrogens is 2. The molecule has 0 amide bonds. The topological polar surface area (TPSA) is 65.4 Å². The summed E-state index contributed by atoms with van der Waals surface area (Å²) in [6.07, 6.45) is 2.16. The van der Waals surface area contributed by atoms with E-state index in [1.165, 1.54) is 0 Å². The van der Waals surface area contributed by atoms with E-state index >= 15 is 0 Å². The van der Waals surface area contributed by atoms with Crippen LogP contribution in [-0.4, -0.2) is 42.6 Å². The van der Waals surface area contributed by atoms with Crippen molar-refractivity contribution in [2.45, 2.75) is 36.5 Å². The van der Waals surface area contributed by atoms with Gasteiger partial charge in [0.15, 0.2) is 5.69 Å². The van der Waals surface area contributed by atoms with Crippen LogP contribution in [0.1, 0.15) is 41.9 Å². The lowest BCUT2D eigenvalue weighted by atomic mass is 10.0. The maximum Gasteiger partial charge on any atom is 0.359 e. The van der Waals surface area contributed by atoms with Crippen molar-refractivity contribution in [3.8, 4) is 17.0 Å². The molecule has 0 saturated carbocycles. The monoisotopic (exact) mass is 373 g/mol. The number of methoxy groups -OCH3 is 1. The minimum Gasteiger partial charge on any atom is -0.496 e. The van der Waals surface area contributed by atoms with Crippen LogP contribution >= 0.6 is 11.8 Å². The minimum atomic E-state index is -0.335. The van der Waals surface area contributed by atoms with Crippen LogP contribution in [0.3, 0.4) is 0 Å². The summed E-state index contributed by atoms with van der Waals surface area (Å²) in [7, 11) is 1.69. The molecule has 1 aromatic heterocycles. The van der Waals surface area contributed by atoms with Crippen molar-refractivity contribution in [1.82, 2.24) is 15.1 Å². The molecule has 26 heavy (non-hydrogen) atoms. The van der Waals surface area contributed by atoms with Crippen LogP contribution in [0.5, 0.6) is 5.75 Å². The number of esters is 1. The summed E-state index contributed by atoms with van der Waals surface area (Å²) in [5, 5.41) is 8.18. The molecule has 2 aliphatic heterocycles. The van der Waals surface area contributed by atoms with Crippen LogP contribution in [0.2, 0.25) is 0 Å². The number of carbonyl (C=O) groups is 1. The fourth-order valence-electron chi connectivity index (χ4n) is 3.72. The third-order valence-electron chi connectivity index (χ3n) is 4.91. The summed E-state index contributed by atoms with van der Waals surface area (Å²) < 4.78 is 12.9. The molecule has 1 atom stereocenters. The van der Waals surface area contributed by atoms with Gasteiger partial charge in [-0.1, -0.05) is 12.1 Å². The van der Waals surface area contributed by atoms with Gasteiger partial charge in [0.05, 0.1) is 30.3 Å². The first-order valence-electron chi connectivity index (χ1n) is 9.04. The average molecular weight is 373 g/mol. The Labute approximate surface area is 157 Å². The molecule has 4 rings (SSSR count). The number of nitrogens with zero attached hydrogens (tertiary/aromatic N) is 2. The lowest BCUT2D eigenvalue weighted by Crippen LogP contribution is -2.32. The third-order valence-corrected chi connectivity index (χ3v) is 6.05. The first-order valence-corrected chi connectivity index (χ1v) is 10.0. The van der Waals surface area contributed by atoms with E-state index in [0.29, 0.717) is 18.1 Å². The second-order valence-electron chi connectivity index (χ2n) is 6.47. The molecule has 0 bridgehead atoms. The molecule has 3 heterocycles. The first-order chi connectivity index (χ1) is 12.7. The summed E-state index contributed by atoms with van der Waals surface area (Å²) in [5.74, 6) is 1.22. The van der Waals surface area contributed by atoms with E-state index in [0.717, 1.165) is 53.4 Å². The van der Waals surface area contributed by atoms with Gasteiger partial charge in [0.1, 0.15) is 5.75 Å². The van der Waals surface area contributed by atoms with Crippen molar-refractivity contribution >= 4 is 17.7 Å². The van der Waals surface area contributed by atoms with E-state index in [-0.39, 0.29) is 12.0 Å². The first kappa shape index (κ1) is 17.4. The van der Waals surface area contributed by atoms with Crippen LogP contribution in [0, 0.1) is 0 Å². The predicted octanol–water partition coefficient (Wildman–Crippen LogP) is 3.27. The Kier molecular flexibility index (Phi) is 4.91. The largest absolute Gasteiger partial charge is 0.496 e. The zero-order valence-corrected chi connectivity index (χ0v) is 15.9. The number of thioether (sulfide) groups is 1. The number of fused-ring (bicyclic) bond motifs is 3. The molecule has 1 saturated heterocycles. The highest BCUT2D eigenvalue weighted by atomic mass is 32.2. The quantitative estimate of drug-likeness (QED) is 0.830. The number of hydrogen-bond acceptors (Lipinski definition) is 6. The molecular weight excluding hydrogens is 350 g/mol. The maximum absolute atomic E-state index is 12.5. The minimum absolute atomic E-state index is 0.239. The van der Waals surface area contributed by atoms with E-state index in [1.807, 2.05) is 23.7 Å². The van der Waals surface area contributed by atoms with E-state index in [4.69, 9.17) is 14.6 Å². The number of nitrogens with one attached hydrogen (secondary N) is 1. The normalized spacial score (nSPS) is 18.8. The molecule has 0 aliphatic carbocycles. The van der Waals surface area contributed by atoms with Gasteiger partial charge in [-0.05, 0) is 32.4 Å². The Morgan fingerprint density at radius 2 is 2.35 bits per heavy atom. The Morgan fingerprint density at radius 1 is 1.46 bits per heavy atom. The second kappa shape index (κ2) is 7.32. The number of piperidine rings is 1. The van der Waals surface area contributed by atoms with Crippen molar-refractivity contribution in [2.24, 2.45) is 0 Å². The highest BCUT2D eigenvalue weighted by Gasteiger charge is 2.33. The summed E-state index contributed by atoms with van der Waals surface area (Å²) in [6.45, 7) is 4.07. The van der Waals surface area contributed by atoms with Gasteiger partial charge < -0.3 is 14.8 Å². The highest BCUT2D eigenvalue weighted by Crippen LogP contribution is 2.48. The van der Waals surface area contributed by atoms with Crippen molar-refractivity contribution in [3.63, 3.8) is 0 Å². The average Bonchev–Trinajstić information content (AvgIpc) is 3.08. The Bertz CT molecular complexity index is 828. The van der Waals surface area contributed by atoms with Gasteiger partial charge >= 0.3 is 5.97 Å². The van der Waals surface area contributed by atoms with Crippen LogP contribution in [0.25, 0.3) is 11.3 Å². The molecule has 1 N–H and O–H groups in total. The summed E-state index contributed by atoms with van der Waals surface area (Å²) in [4.78, 5) is 13.6. The number of ether oxygens (including phenoxy) is 2. The smallest absolute Gasteiger partial charge is 0.359 e. The fraction of sp³-hybridized carbons (Fsp3) is 0.474. The number of carbonyl (C=O) groups excluding carboxylic acids is 1. The highest BCUT2D eigenvalue weighted by molar-refractivity contribution is 7.98. The molecule has 0 radical (unpaired) electrons. The van der Waals surface area contributed by atoms with E-state index in [9.17, 15) is 4.79 Å². The Hall–Kier alpha value is -1.99. The van der Waals surface area contributed by atoms with Crippen molar-refractivity contribution in [1.29, 1.82) is 0 Å². The standard InChI is InChI=1S/C19H23N3O3S/c1-3-25-19(23)16-14-11-26-18-13(7-4-8-15(18)24-2)17(14)22(21-16)12-6-5-9-20-10-12/h4,7-8,12,20H,3,5-6,9-11H2,1-2H3. The van der Waals surface area contributed by atoms with E-state index in [2.05, 4.69) is 11.4 Å². The number of rotatable bonds is 4. The van der Waals surface area contributed by atoms with Crippen molar-refractivity contribution in [3.05, 3.63) is 29.5 Å². The SMILES string of the molecule is CCOC(=O)c1nn(C2CCCNC2)c2c1CSc1c(OC)cccc1-2. The van der Waals surface area contributed by atoms with E-state index in [1.54, 1.807) is 18.9 Å². The third kappa shape index (κ3) is 2.89. The maximum atomic E-state index is 12.5. The lowest BCUT2D eigenvalue weighted by molar-refractivity contribution is 0.0517. The summed E-state index contributed by atoms with van der Waals surface area (Å²) in [6, 6.07) is 6.30. The molecule has 7 heteroatoms. The number of benzene rings is 1. The molecule has 138 valence electrons. The van der Waals surface area contributed by atoms with Gasteiger partial charge in [-0.2, -0.15) is 5.10 Å². The zero-order valence-electron chi connectivity index (χ0n) is 15.1. The molecule has 1 unspecified atom stereocenters.